The second kappa shape index (κ2) is 30.6. The number of aliphatic hydroxyl groups excluding tert-OH is 1. The Morgan fingerprint density at radius 3 is 1.31 bits per heavy atom. The molecule has 10 rings (SSSR count). The Kier molecular flexibility index (Phi) is 22.4. The molecule has 0 atom stereocenters. The summed E-state index contributed by atoms with van der Waals surface area (Å²) in [5.41, 5.74) is 3.51. The molecule has 13 nitrogen and oxygen atoms in total. The van der Waals surface area contributed by atoms with Crippen LogP contribution >= 0.6 is 11.6 Å². The maximum Gasteiger partial charge on any atom is 0.343 e. The number of phenolic OH excluding ortho intramolecular Hbond substituents is 1. The second-order valence-electron chi connectivity index (χ2n) is 21.7. The number of benzene rings is 8. The van der Waals surface area contributed by atoms with Crippen LogP contribution in [0.15, 0.2) is 224 Å². The summed E-state index contributed by atoms with van der Waals surface area (Å²) in [5.74, 6) is -1.48. The molecular weight excluding hydrogens is 1130 g/mol. The third-order valence-electron chi connectivity index (χ3n) is 15.5. The standard InChI is InChI=1S/C45H36O7.C16H13ClO2.C13H16O4/c46-40(33-7-3-1-4-8-33)25-15-31-11-17-35(18-12-31)42(48)36-27-29-45(51,30-28-36)43(49)37-21-23-39(24-22-37)52-44(50)38-19-13-32(14-20-38)16-26-41(47)34-9-5-2-6-10-34;17-16(19)14-9-6-12(7-10-14)8-11-15(18)13-4-2-1-3-5-13;14-10-3-1-9(2-4-10)12(16)13(17)7-5-11(15)6-8-13/h1-26,36,51H,27-30H2;1-7,9-10H,8,11H2;1-4,11,14-15,17H,5-8H2/b25-15+,26-16+;;. The number of allylic oxidation sites excluding steroid dienone is 2. The van der Waals surface area contributed by atoms with Gasteiger partial charge in [0.25, 0.3) is 5.24 Å². The van der Waals surface area contributed by atoms with Crippen molar-refractivity contribution in [3.63, 3.8) is 0 Å². The number of rotatable bonds is 19. The van der Waals surface area contributed by atoms with E-state index >= 15 is 0 Å². The Labute approximate surface area is 515 Å². The zero-order valence-electron chi connectivity index (χ0n) is 48.1. The minimum Gasteiger partial charge on any atom is -0.508 e. The third kappa shape index (κ3) is 18.0. The van der Waals surface area contributed by atoms with Crippen LogP contribution in [-0.4, -0.2) is 83.6 Å². The lowest BCUT2D eigenvalue weighted by molar-refractivity contribution is -0.0153. The van der Waals surface area contributed by atoms with Crippen molar-refractivity contribution in [2.75, 3.05) is 0 Å². The van der Waals surface area contributed by atoms with Crippen LogP contribution in [0, 0.1) is 5.92 Å². The van der Waals surface area contributed by atoms with Crippen molar-refractivity contribution in [3.8, 4) is 11.5 Å². The van der Waals surface area contributed by atoms with Gasteiger partial charge in [-0.1, -0.05) is 152 Å². The maximum atomic E-state index is 13.4. The molecule has 0 radical (unpaired) electrons. The number of aryl methyl sites for hydroxylation is 1. The van der Waals surface area contributed by atoms with Gasteiger partial charge < -0.3 is 25.2 Å². The molecule has 0 spiro atoms. The van der Waals surface area contributed by atoms with Gasteiger partial charge in [-0.25, -0.2) is 4.79 Å². The lowest BCUT2D eigenvalue weighted by Gasteiger charge is -2.34. The van der Waals surface area contributed by atoms with E-state index in [4.69, 9.17) is 21.4 Å². The van der Waals surface area contributed by atoms with Crippen LogP contribution in [0.4, 0.5) is 0 Å². The minimum atomic E-state index is -1.60. The predicted molar refractivity (Wildman–Crippen MR) is 337 cm³/mol. The van der Waals surface area contributed by atoms with Crippen molar-refractivity contribution in [1.82, 2.24) is 0 Å². The first-order valence-corrected chi connectivity index (χ1v) is 29.2. The molecule has 0 aliphatic heterocycles. The van der Waals surface area contributed by atoms with Crippen molar-refractivity contribution < 1.29 is 63.5 Å². The minimum absolute atomic E-state index is 0.0409. The number of carbonyl (C=O) groups excluding carboxylic acids is 8. The fourth-order valence-electron chi connectivity index (χ4n) is 10.2. The summed E-state index contributed by atoms with van der Waals surface area (Å²) in [4.78, 5) is 99.0. The van der Waals surface area contributed by atoms with Gasteiger partial charge in [0.2, 0.25) is 0 Å². The fourth-order valence-corrected chi connectivity index (χ4v) is 10.3. The van der Waals surface area contributed by atoms with Crippen molar-refractivity contribution in [1.29, 1.82) is 0 Å². The molecule has 0 amide bonds. The normalized spacial score (nSPS) is 17.9. The van der Waals surface area contributed by atoms with Gasteiger partial charge in [0.1, 0.15) is 22.7 Å². The number of phenols is 1. The Balaban J connectivity index is 0.000000224. The number of carbonyl (C=O) groups is 8. The molecule has 88 heavy (non-hydrogen) atoms. The molecule has 4 N–H and O–H groups in total. The fraction of sp³-hybridized carbons (Fsp3) is 0.189. The first-order valence-electron chi connectivity index (χ1n) is 28.9. The summed E-state index contributed by atoms with van der Waals surface area (Å²) >= 11 is 5.37. The van der Waals surface area contributed by atoms with E-state index in [0.29, 0.717) is 71.9 Å². The molecule has 2 saturated carbocycles. The van der Waals surface area contributed by atoms with Gasteiger partial charge in [-0.05, 0) is 171 Å². The number of aromatic hydroxyl groups is 1. The van der Waals surface area contributed by atoms with Crippen LogP contribution in [0.2, 0.25) is 0 Å². The van der Waals surface area contributed by atoms with E-state index in [-0.39, 0.29) is 77.6 Å². The van der Waals surface area contributed by atoms with Crippen molar-refractivity contribution in [3.05, 3.63) is 286 Å². The topological polar surface area (TPSA) is 227 Å². The average Bonchev–Trinajstić information content (AvgIpc) is 1.80. The number of aliphatic hydroxyl groups is 3. The number of ketones is 6. The molecule has 2 aliphatic carbocycles. The highest BCUT2D eigenvalue weighted by Crippen LogP contribution is 2.37. The summed E-state index contributed by atoms with van der Waals surface area (Å²) < 4.78 is 5.49. The number of ether oxygens (including phenoxy) is 1. The number of halogens is 1. The largest absolute Gasteiger partial charge is 0.508 e. The molecule has 14 heteroatoms. The summed E-state index contributed by atoms with van der Waals surface area (Å²) in [6, 6.07) is 59.7. The van der Waals surface area contributed by atoms with Crippen LogP contribution < -0.4 is 4.74 Å². The zero-order valence-corrected chi connectivity index (χ0v) is 48.8. The summed E-state index contributed by atoms with van der Waals surface area (Å²) in [5, 5.41) is 39.6. The van der Waals surface area contributed by atoms with Gasteiger partial charge >= 0.3 is 5.97 Å². The monoisotopic (exact) mass is 1200 g/mol. The summed E-state index contributed by atoms with van der Waals surface area (Å²) in [6.07, 6.45) is 9.55. The molecule has 2 fully saturated rings. The number of hydrogen-bond donors (Lipinski definition) is 4. The van der Waals surface area contributed by atoms with E-state index in [0.717, 1.165) is 22.3 Å². The molecule has 8 aromatic rings. The first kappa shape index (κ1) is 64.4. The quantitative estimate of drug-likeness (QED) is 0.0194. The summed E-state index contributed by atoms with van der Waals surface area (Å²) in [7, 11) is 0. The van der Waals surface area contributed by atoms with Crippen LogP contribution in [0.25, 0.3) is 12.2 Å². The van der Waals surface area contributed by atoms with Gasteiger partial charge in [-0.15, -0.1) is 0 Å². The van der Waals surface area contributed by atoms with Crippen LogP contribution in [0.5, 0.6) is 11.5 Å². The molecular formula is C74H65ClO13. The van der Waals surface area contributed by atoms with Crippen LogP contribution in [-0.2, 0) is 6.42 Å². The Morgan fingerprint density at radius 2 is 0.852 bits per heavy atom. The smallest absolute Gasteiger partial charge is 0.343 e. The second-order valence-corrected chi connectivity index (χ2v) is 22.0. The van der Waals surface area contributed by atoms with Crippen molar-refractivity contribution in [2.24, 2.45) is 5.92 Å². The highest BCUT2D eigenvalue weighted by Gasteiger charge is 2.42. The molecule has 0 aromatic heterocycles. The van der Waals surface area contributed by atoms with E-state index in [1.54, 1.807) is 109 Å². The molecule has 0 heterocycles. The van der Waals surface area contributed by atoms with Crippen molar-refractivity contribution >= 4 is 69.7 Å². The Bertz CT molecular complexity index is 3770. The molecule has 0 saturated heterocycles. The summed E-state index contributed by atoms with van der Waals surface area (Å²) in [6.45, 7) is 0. The molecule has 0 bridgehead atoms. The van der Waals surface area contributed by atoms with Gasteiger partial charge in [0.15, 0.2) is 34.7 Å². The highest BCUT2D eigenvalue weighted by molar-refractivity contribution is 6.67. The Hall–Kier alpha value is -9.63. The molecule has 0 unspecified atom stereocenters. The van der Waals surface area contributed by atoms with E-state index < -0.39 is 34.3 Å². The van der Waals surface area contributed by atoms with Crippen LogP contribution in [0.3, 0.4) is 0 Å². The van der Waals surface area contributed by atoms with E-state index in [1.165, 1.54) is 60.7 Å². The predicted octanol–water partition coefficient (Wildman–Crippen LogP) is 13.8. The molecule has 8 aromatic carbocycles. The SMILES string of the molecule is O=C(/C=C/c1ccc(C(=O)Oc2ccc(C(=O)C3(O)CCC(C(=O)c4ccc(/C=C/C(=O)c5ccccc5)cc4)CC3)cc2)cc1)c1ccccc1.O=C(Cl)c1ccc(CCC(=O)c2ccccc2)cc1.O=C(c1ccc(O)cc1)C1(O)CCC(O)CC1. The highest BCUT2D eigenvalue weighted by atomic mass is 35.5. The first-order chi connectivity index (χ1) is 42.4. The van der Waals surface area contributed by atoms with Crippen LogP contribution in [0.1, 0.15) is 157 Å². The van der Waals surface area contributed by atoms with Gasteiger partial charge in [-0.2, -0.15) is 0 Å². The van der Waals surface area contributed by atoms with E-state index in [1.807, 2.05) is 66.7 Å². The van der Waals surface area contributed by atoms with Gasteiger partial charge in [-0.3, -0.25) is 33.6 Å². The van der Waals surface area contributed by atoms with Gasteiger partial charge in [0, 0.05) is 51.3 Å². The molecule has 2 aliphatic rings. The lowest BCUT2D eigenvalue weighted by Crippen LogP contribution is -2.43. The van der Waals surface area contributed by atoms with E-state index in [2.05, 4.69) is 0 Å². The van der Waals surface area contributed by atoms with E-state index in [9.17, 15) is 53.7 Å². The lowest BCUT2D eigenvalue weighted by atomic mass is 9.73. The number of Topliss-reactive ketones (excluding diaryl/α,β-unsaturated/α-hetero) is 4. The number of esters is 1. The van der Waals surface area contributed by atoms with Gasteiger partial charge in [0.05, 0.1) is 11.7 Å². The third-order valence-corrected chi connectivity index (χ3v) is 15.7. The number of hydrogen-bond acceptors (Lipinski definition) is 13. The molecule has 446 valence electrons. The van der Waals surface area contributed by atoms with Crippen molar-refractivity contribution in [2.45, 2.75) is 81.5 Å². The Morgan fingerprint density at radius 1 is 0.455 bits per heavy atom. The average molecular weight is 1200 g/mol. The maximum absolute atomic E-state index is 13.4. The zero-order chi connectivity index (χ0) is 62.6.